The molecule has 0 spiro atoms. The van der Waals surface area contributed by atoms with Crippen molar-refractivity contribution in [2.45, 2.75) is 13.8 Å². The number of aryl methyl sites for hydroxylation is 2. The van der Waals surface area contributed by atoms with E-state index >= 15 is 0 Å². The largest absolute Gasteiger partial charge is 0.264 e. The van der Waals surface area contributed by atoms with Crippen molar-refractivity contribution in [1.29, 1.82) is 0 Å². The molecule has 3 heteroatoms. The molecule has 2 aromatic carbocycles. The molecule has 0 aliphatic heterocycles. The van der Waals surface area contributed by atoms with E-state index in [1.807, 2.05) is 30.5 Å². The minimum atomic E-state index is 0.780. The molecule has 0 aliphatic carbocycles. The van der Waals surface area contributed by atoms with Crippen LogP contribution in [-0.4, -0.2) is 15.0 Å². The number of pyridine rings is 1. The van der Waals surface area contributed by atoms with E-state index in [1.54, 1.807) is 18.6 Å². The van der Waals surface area contributed by atoms with E-state index in [0.717, 1.165) is 11.4 Å². The second-order valence-electron chi connectivity index (χ2n) is 6.05. The summed E-state index contributed by atoms with van der Waals surface area (Å²) < 4.78 is 0. The average molecular weight is 339 g/mol. The predicted octanol–water partition coefficient (Wildman–Crippen LogP) is 5.51. The number of hydrogen-bond donors (Lipinski definition) is 0. The SMILES string of the molecule is Cc1ccc(-c2cccnc2)cc1.Cc1ccc(-c2ncccn2)cc1. The zero-order valence-electron chi connectivity index (χ0n) is 15.0. The molecule has 0 saturated heterocycles. The molecule has 0 atom stereocenters. The van der Waals surface area contributed by atoms with Crippen LogP contribution in [0.25, 0.3) is 22.5 Å². The van der Waals surface area contributed by atoms with Crippen LogP contribution < -0.4 is 0 Å². The second kappa shape index (κ2) is 8.67. The normalized spacial score (nSPS) is 9.92. The highest BCUT2D eigenvalue weighted by Crippen LogP contribution is 2.17. The van der Waals surface area contributed by atoms with E-state index in [9.17, 15) is 0 Å². The minimum absolute atomic E-state index is 0.780. The molecule has 0 fully saturated rings. The Bertz CT molecular complexity index is 836. The molecule has 128 valence electrons. The maximum atomic E-state index is 4.17. The van der Waals surface area contributed by atoms with Gasteiger partial charge in [-0.25, -0.2) is 9.97 Å². The van der Waals surface area contributed by atoms with Crippen molar-refractivity contribution in [3.63, 3.8) is 0 Å². The smallest absolute Gasteiger partial charge is 0.159 e. The number of rotatable bonds is 2. The van der Waals surface area contributed by atoms with Gasteiger partial charge in [0.1, 0.15) is 0 Å². The lowest BCUT2D eigenvalue weighted by molar-refractivity contribution is 1.17. The van der Waals surface area contributed by atoms with Crippen LogP contribution in [0.2, 0.25) is 0 Å². The Morgan fingerprint density at radius 1 is 0.538 bits per heavy atom. The molecule has 0 unspecified atom stereocenters. The van der Waals surface area contributed by atoms with Crippen LogP contribution in [0.1, 0.15) is 11.1 Å². The standard InChI is InChI=1S/C12H11N.C11H10N2/c1-10-4-6-11(7-5-10)12-3-2-8-13-9-12;1-9-3-5-10(6-4-9)11-12-7-2-8-13-11/h2-9H,1H3;2-8H,1H3. The first-order chi connectivity index (χ1) is 12.7. The third-order valence-corrected chi connectivity index (χ3v) is 3.92. The fraction of sp³-hybridized carbons (Fsp3) is 0.0870. The Hall–Kier alpha value is -3.33. The summed E-state index contributed by atoms with van der Waals surface area (Å²) in [4.78, 5) is 12.4. The summed E-state index contributed by atoms with van der Waals surface area (Å²) in [7, 11) is 0. The summed E-state index contributed by atoms with van der Waals surface area (Å²) in [5.74, 6) is 0.780. The summed E-state index contributed by atoms with van der Waals surface area (Å²) in [5, 5.41) is 0. The van der Waals surface area contributed by atoms with Crippen molar-refractivity contribution in [1.82, 2.24) is 15.0 Å². The summed E-state index contributed by atoms with van der Waals surface area (Å²) in [6.07, 6.45) is 7.17. The quantitative estimate of drug-likeness (QED) is 0.483. The molecule has 0 aliphatic rings. The van der Waals surface area contributed by atoms with Gasteiger partial charge in [0, 0.05) is 30.4 Å². The van der Waals surface area contributed by atoms with Gasteiger partial charge in [0.15, 0.2) is 5.82 Å². The molecular weight excluding hydrogens is 318 g/mol. The van der Waals surface area contributed by atoms with Gasteiger partial charge in [0.2, 0.25) is 0 Å². The molecule has 3 nitrogen and oxygen atoms in total. The molecule has 4 rings (SSSR count). The summed E-state index contributed by atoms with van der Waals surface area (Å²) in [6, 6.07) is 22.5. The van der Waals surface area contributed by atoms with Crippen LogP contribution in [0.15, 0.2) is 91.5 Å². The zero-order valence-corrected chi connectivity index (χ0v) is 15.0. The molecule has 2 aromatic heterocycles. The van der Waals surface area contributed by atoms with Crippen molar-refractivity contribution in [2.75, 3.05) is 0 Å². The first kappa shape index (κ1) is 17.5. The fourth-order valence-corrected chi connectivity index (χ4v) is 2.43. The van der Waals surface area contributed by atoms with Gasteiger partial charge in [-0.15, -0.1) is 0 Å². The second-order valence-corrected chi connectivity index (χ2v) is 6.05. The highest BCUT2D eigenvalue weighted by atomic mass is 14.8. The number of nitrogens with zero attached hydrogens (tertiary/aromatic N) is 3. The van der Waals surface area contributed by atoms with E-state index in [4.69, 9.17) is 0 Å². The molecule has 26 heavy (non-hydrogen) atoms. The van der Waals surface area contributed by atoms with Gasteiger partial charge in [0.25, 0.3) is 0 Å². The van der Waals surface area contributed by atoms with E-state index < -0.39 is 0 Å². The Balaban J connectivity index is 0.000000151. The topological polar surface area (TPSA) is 38.7 Å². The highest BCUT2D eigenvalue weighted by Gasteiger charge is 1.97. The zero-order chi connectivity index (χ0) is 18.2. The maximum Gasteiger partial charge on any atom is 0.159 e. The first-order valence-electron chi connectivity index (χ1n) is 8.53. The fourth-order valence-electron chi connectivity index (χ4n) is 2.43. The monoisotopic (exact) mass is 339 g/mol. The van der Waals surface area contributed by atoms with Crippen LogP contribution in [-0.2, 0) is 0 Å². The maximum absolute atomic E-state index is 4.17. The molecule has 4 aromatic rings. The number of benzene rings is 2. The Kier molecular flexibility index (Phi) is 5.84. The van der Waals surface area contributed by atoms with Gasteiger partial charge in [0.05, 0.1) is 0 Å². The molecule has 0 N–H and O–H groups in total. The van der Waals surface area contributed by atoms with Crippen molar-refractivity contribution >= 4 is 0 Å². The van der Waals surface area contributed by atoms with Crippen LogP contribution in [0.4, 0.5) is 0 Å². The van der Waals surface area contributed by atoms with Crippen molar-refractivity contribution in [2.24, 2.45) is 0 Å². The van der Waals surface area contributed by atoms with Gasteiger partial charge >= 0.3 is 0 Å². The molecule has 0 bridgehead atoms. The Morgan fingerprint density at radius 3 is 1.65 bits per heavy atom. The molecule has 0 radical (unpaired) electrons. The van der Waals surface area contributed by atoms with Crippen LogP contribution in [0, 0.1) is 13.8 Å². The van der Waals surface area contributed by atoms with E-state index in [2.05, 4.69) is 71.3 Å². The summed E-state index contributed by atoms with van der Waals surface area (Å²) in [6.45, 7) is 4.16. The Morgan fingerprint density at radius 2 is 1.12 bits per heavy atom. The van der Waals surface area contributed by atoms with Gasteiger partial charge in [-0.1, -0.05) is 65.7 Å². The predicted molar refractivity (Wildman–Crippen MR) is 107 cm³/mol. The third-order valence-electron chi connectivity index (χ3n) is 3.92. The third kappa shape index (κ3) is 4.84. The van der Waals surface area contributed by atoms with Crippen LogP contribution >= 0.6 is 0 Å². The first-order valence-corrected chi connectivity index (χ1v) is 8.53. The van der Waals surface area contributed by atoms with Gasteiger partial charge < -0.3 is 0 Å². The van der Waals surface area contributed by atoms with Crippen molar-refractivity contribution in [3.05, 3.63) is 103 Å². The minimum Gasteiger partial charge on any atom is -0.264 e. The molecular formula is C23H21N3. The van der Waals surface area contributed by atoms with E-state index in [-0.39, 0.29) is 0 Å². The van der Waals surface area contributed by atoms with E-state index in [0.29, 0.717) is 0 Å². The van der Waals surface area contributed by atoms with E-state index in [1.165, 1.54) is 22.3 Å². The highest BCUT2D eigenvalue weighted by molar-refractivity contribution is 5.62. The summed E-state index contributed by atoms with van der Waals surface area (Å²) >= 11 is 0. The van der Waals surface area contributed by atoms with Gasteiger partial charge in [-0.2, -0.15) is 0 Å². The van der Waals surface area contributed by atoms with Gasteiger partial charge in [-0.3, -0.25) is 4.98 Å². The van der Waals surface area contributed by atoms with Crippen LogP contribution in [0.5, 0.6) is 0 Å². The van der Waals surface area contributed by atoms with Crippen molar-refractivity contribution in [3.8, 4) is 22.5 Å². The lowest BCUT2D eigenvalue weighted by Crippen LogP contribution is -1.85. The number of aromatic nitrogens is 3. The van der Waals surface area contributed by atoms with Crippen molar-refractivity contribution < 1.29 is 0 Å². The van der Waals surface area contributed by atoms with Crippen LogP contribution in [0.3, 0.4) is 0 Å². The molecule has 2 heterocycles. The average Bonchev–Trinajstić information content (AvgIpc) is 2.71. The number of hydrogen-bond acceptors (Lipinski definition) is 3. The van der Waals surface area contributed by atoms with Gasteiger partial charge in [-0.05, 0) is 37.1 Å². The lowest BCUT2D eigenvalue weighted by Gasteiger charge is -2.00. The molecule has 0 saturated carbocycles. The Labute approximate surface area is 154 Å². The lowest BCUT2D eigenvalue weighted by atomic mass is 10.1. The summed E-state index contributed by atoms with van der Waals surface area (Å²) in [5.41, 5.74) is 5.99. The molecule has 0 amide bonds.